The summed E-state index contributed by atoms with van der Waals surface area (Å²) in [5.74, 6) is 2.79. The second-order valence-electron chi connectivity index (χ2n) is 7.33. The Morgan fingerprint density at radius 2 is 2.05 bits per heavy atom. The molecule has 2 fully saturated rings. The molecule has 0 amide bonds. The van der Waals surface area contributed by atoms with Gasteiger partial charge in [-0.25, -0.2) is 0 Å². The molecule has 2 N–H and O–H groups in total. The molecule has 3 heteroatoms. The van der Waals surface area contributed by atoms with E-state index < -0.39 is 0 Å². The van der Waals surface area contributed by atoms with Crippen LogP contribution in [0.3, 0.4) is 0 Å². The Balaban J connectivity index is 1.49. The van der Waals surface area contributed by atoms with Crippen LogP contribution in [0.15, 0.2) is 0 Å². The summed E-state index contributed by atoms with van der Waals surface area (Å²) in [6, 6.07) is 0.541. The van der Waals surface area contributed by atoms with Gasteiger partial charge in [-0.05, 0) is 50.4 Å². The highest BCUT2D eigenvalue weighted by atomic mass is 16.5. The summed E-state index contributed by atoms with van der Waals surface area (Å²) in [5.41, 5.74) is 0. The average molecular weight is 297 g/mol. The van der Waals surface area contributed by atoms with Gasteiger partial charge in [0.05, 0.1) is 12.7 Å². The number of unbranched alkanes of at least 4 members (excludes halogenated alkanes) is 3. The first-order valence-electron chi connectivity index (χ1n) is 9.19. The SMILES string of the molecule is CCCCCCOCC(O)CNC(C)C1CC2CCC1C2. The molecule has 0 saturated heterocycles. The van der Waals surface area contributed by atoms with Gasteiger partial charge in [-0.1, -0.05) is 32.6 Å². The lowest BCUT2D eigenvalue weighted by Crippen LogP contribution is -2.41. The monoisotopic (exact) mass is 297 g/mol. The van der Waals surface area contributed by atoms with E-state index in [2.05, 4.69) is 19.2 Å². The van der Waals surface area contributed by atoms with Crippen molar-refractivity contribution in [2.24, 2.45) is 17.8 Å². The molecule has 0 aromatic rings. The number of nitrogens with one attached hydrogen (secondary N) is 1. The molecule has 5 atom stereocenters. The summed E-state index contributed by atoms with van der Waals surface area (Å²) in [5, 5.41) is 13.5. The van der Waals surface area contributed by atoms with Gasteiger partial charge in [0.2, 0.25) is 0 Å². The van der Waals surface area contributed by atoms with Crippen molar-refractivity contribution in [3.63, 3.8) is 0 Å². The third kappa shape index (κ3) is 5.54. The van der Waals surface area contributed by atoms with Gasteiger partial charge >= 0.3 is 0 Å². The fraction of sp³-hybridized carbons (Fsp3) is 1.00. The maximum Gasteiger partial charge on any atom is 0.0897 e. The van der Waals surface area contributed by atoms with Gasteiger partial charge in [0.25, 0.3) is 0 Å². The van der Waals surface area contributed by atoms with Gasteiger partial charge in [-0.15, -0.1) is 0 Å². The highest BCUT2D eigenvalue weighted by molar-refractivity contribution is 4.94. The van der Waals surface area contributed by atoms with Crippen molar-refractivity contribution in [1.29, 1.82) is 0 Å². The first-order valence-corrected chi connectivity index (χ1v) is 9.19. The van der Waals surface area contributed by atoms with Crippen LogP contribution in [0.2, 0.25) is 0 Å². The third-order valence-electron chi connectivity index (χ3n) is 5.56. The standard InChI is InChI=1S/C18H35NO2/c1-3-4-5-6-9-21-13-17(20)12-19-14(2)18-11-15-7-8-16(18)10-15/h14-20H,3-13H2,1-2H3. The second-order valence-corrected chi connectivity index (χ2v) is 7.33. The van der Waals surface area contributed by atoms with Gasteiger partial charge in [0.15, 0.2) is 0 Å². The summed E-state index contributed by atoms with van der Waals surface area (Å²) in [6.45, 7) is 6.45. The predicted octanol–water partition coefficient (Wildman–Crippen LogP) is 3.36. The van der Waals surface area contributed by atoms with Crippen molar-refractivity contribution in [1.82, 2.24) is 5.32 Å². The van der Waals surface area contributed by atoms with Crippen molar-refractivity contribution >= 4 is 0 Å². The molecule has 0 radical (unpaired) electrons. The van der Waals surface area contributed by atoms with E-state index in [0.717, 1.165) is 30.8 Å². The summed E-state index contributed by atoms with van der Waals surface area (Å²) in [7, 11) is 0. The van der Waals surface area contributed by atoms with E-state index >= 15 is 0 Å². The quantitative estimate of drug-likeness (QED) is 0.575. The third-order valence-corrected chi connectivity index (χ3v) is 5.56. The maximum absolute atomic E-state index is 9.99. The largest absolute Gasteiger partial charge is 0.389 e. The zero-order valence-electron chi connectivity index (χ0n) is 14.0. The van der Waals surface area contributed by atoms with Crippen LogP contribution in [-0.2, 0) is 4.74 Å². The van der Waals surface area contributed by atoms with Crippen molar-refractivity contribution in [2.45, 2.75) is 77.4 Å². The second kappa shape index (κ2) is 9.12. The van der Waals surface area contributed by atoms with Crippen LogP contribution in [-0.4, -0.2) is 37.0 Å². The number of fused-ring (bicyclic) bond motifs is 2. The first-order chi connectivity index (χ1) is 10.2. The Kier molecular flexibility index (Phi) is 7.48. The van der Waals surface area contributed by atoms with Gasteiger partial charge in [-0.3, -0.25) is 0 Å². The molecule has 0 spiro atoms. The molecule has 124 valence electrons. The molecule has 2 aliphatic carbocycles. The molecule has 21 heavy (non-hydrogen) atoms. The Bertz CT molecular complexity index is 284. The minimum Gasteiger partial charge on any atom is -0.389 e. The summed E-state index contributed by atoms with van der Waals surface area (Å²) in [4.78, 5) is 0. The van der Waals surface area contributed by atoms with Crippen LogP contribution < -0.4 is 5.32 Å². The lowest BCUT2D eigenvalue weighted by Gasteiger charge is -2.29. The molecular formula is C18H35NO2. The van der Waals surface area contributed by atoms with Crippen LogP contribution in [0, 0.1) is 17.8 Å². The van der Waals surface area contributed by atoms with Gasteiger partial charge < -0.3 is 15.2 Å². The maximum atomic E-state index is 9.99. The molecule has 2 saturated carbocycles. The van der Waals surface area contributed by atoms with Crippen LogP contribution in [0.25, 0.3) is 0 Å². The molecule has 2 bridgehead atoms. The van der Waals surface area contributed by atoms with E-state index in [1.54, 1.807) is 0 Å². The number of hydrogen-bond acceptors (Lipinski definition) is 3. The van der Waals surface area contributed by atoms with Crippen molar-refractivity contribution < 1.29 is 9.84 Å². The van der Waals surface area contributed by atoms with Crippen LogP contribution in [0.4, 0.5) is 0 Å². The molecule has 5 unspecified atom stereocenters. The number of hydrogen-bond donors (Lipinski definition) is 2. The molecule has 3 nitrogen and oxygen atoms in total. The van der Waals surface area contributed by atoms with Crippen LogP contribution in [0.1, 0.15) is 65.2 Å². The van der Waals surface area contributed by atoms with Crippen LogP contribution >= 0.6 is 0 Å². The average Bonchev–Trinajstić information content (AvgIpc) is 3.11. The molecule has 0 heterocycles. The van der Waals surface area contributed by atoms with Crippen molar-refractivity contribution in [3.8, 4) is 0 Å². The van der Waals surface area contributed by atoms with Crippen LogP contribution in [0.5, 0.6) is 0 Å². The summed E-state index contributed by atoms with van der Waals surface area (Å²) >= 11 is 0. The molecular weight excluding hydrogens is 262 g/mol. The number of rotatable bonds is 11. The Labute approximate surface area is 130 Å². The van der Waals surface area contributed by atoms with Crippen molar-refractivity contribution in [3.05, 3.63) is 0 Å². The lowest BCUT2D eigenvalue weighted by molar-refractivity contribution is 0.0328. The number of ether oxygens (including phenoxy) is 1. The Hall–Kier alpha value is -0.120. The minimum absolute atomic E-state index is 0.364. The Morgan fingerprint density at radius 3 is 2.71 bits per heavy atom. The summed E-state index contributed by atoms with van der Waals surface area (Å²) in [6.07, 6.45) is 10.3. The Morgan fingerprint density at radius 1 is 1.19 bits per heavy atom. The van der Waals surface area contributed by atoms with E-state index in [1.165, 1.54) is 44.9 Å². The topological polar surface area (TPSA) is 41.5 Å². The first kappa shape index (κ1) is 17.2. The van der Waals surface area contributed by atoms with E-state index in [-0.39, 0.29) is 6.10 Å². The number of aliphatic hydroxyl groups excluding tert-OH is 1. The highest BCUT2D eigenvalue weighted by Gasteiger charge is 2.41. The minimum atomic E-state index is -0.364. The van der Waals surface area contributed by atoms with E-state index in [0.29, 0.717) is 19.2 Å². The highest BCUT2D eigenvalue weighted by Crippen LogP contribution is 2.49. The van der Waals surface area contributed by atoms with Gasteiger partial charge in [0.1, 0.15) is 0 Å². The van der Waals surface area contributed by atoms with Gasteiger partial charge in [0, 0.05) is 19.2 Å². The van der Waals surface area contributed by atoms with Gasteiger partial charge in [-0.2, -0.15) is 0 Å². The zero-order valence-corrected chi connectivity index (χ0v) is 14.0. The molecule has 0 aromatic carbocycles. The molecule has 2 aliphatic rings. The molecule has 2 rings (SSSR count). The lowest BCUT2D eigenvalue weighted by atomic mass is 9.84. The van der Waals surface area contributed by atoms with E-state index in [4.69, 9.17) is 4.74 Å². The predicted molar refractivity (Wildman–Crippen MR) is 87.4 cm³/mol. The van der Waals surface area contributed by atoms with E-state index in [1.807, 2.05) is 0 Å². The number of aliphatic hydroxyl groups is 1. The van der Waals surface area contributed by atoms with E-state index in [9.17, 15) is 5.11 Å². The fourth-order valence-corrected chi connectivity index (χ4v) is 4.29. The molecule has 0 aromatic heterocycles. The van der Waals surface area contributed by atoms with Crippen molar-refractivity contribution in [2.75, 3.05) is 19.8 Å². The molecule has 0 aliphatic heterocycles. The zero-order chi connectivity index (χ0) is 15.1. The normalized spacial score (nSPS) is 30.7. The summed E-state index contributed by atoms with van der Waals surface area (Å²) < 4.78 is 5.56. The smallest absolute Gasteiger partial charge is 0.0897 e. The fourth-order valence-electron chi connectivity index (χ4n) is 4.29.